The Hall–Kier alpha value is -3.35. The third kappa shape index (κ3) is 3.51. The average Bonchev–Trinajstić information content (AvgIpc) is 3.10. The number of benzene rings is 1. The number of nitrogens with zero attached hydrogens (tertiary/aromatic N) is 3. The van der Waals surface area contributed by atoms with Crippen molar-refractivity contribution in [2.45, 2.75) is 19.6 Å². The Bertz CT molecular complexity index is 880. The van der Waals surface area contributed by atoms with E-state index < -0.39 is 0 Å². The number of anilines is 1. The first kappa shape index (κ1) is 16.1. The Morgan fingerprint density at radius 1 is 1.23 bits per heavy atom. The SMILES string of the molecule is O=C(Nc1ccccc1)N1CCc2onc(COc3cccnc3)c2C1. The number of hydrogen-bond acceptors (Lipinski definition) is 5. The number of pyridine rings is 1. The van der Waals surface area contributed by atoms with Gasteiger partial charge in [-0.1, -0.05) is 23.4 Å². The van der Waals surface area contributed by atoms with Crippen molar-refractivity contribution >= 4 is 11.7 Å². The van der Waals surface area contributed by atoms with Gasteiger partial charge in [0.2, 0.25) is 0 Å². The normalized spacial score (nSPS) is 13.2. The van der Waals surface area contributed by atoms with Crippen LogP contribution in [0, 0.1) is 0 Å². The van der Waals surface area contributed by atoms with E-state index in [1.807, 2.05) is 42.5 Å². The van der Waals surface area contributed by atoms with Gasteiger partial charge in [-0.3, -0.25) is 4.98 Å². The number of fused-ring (bicyclic) bond motifs is 1. The molecule has 0 saturated heterocycles. The van der Waals surface area contributed by atoms with Crippen LogP contribution in [0.5, 0.6) is 5.75 Å². The number of ether oxygens (including phenoxy) is 1. The summed E-state index contributed by atoms with van der Waals surface area (Å²) in [6.45, 7) is 1.31. The lowest BCUT2D eigenvalue weighted by Crippen LogP contribution is -2.38. The molecule has 1 aromatic carbocycles. The molecule has 132 valence electrons. The molecule has 1 aliphatic heterocycles. The maximum absolute atomic E-state index is 12.5. The van der Waals surface area contributed by atoms with Crippen molar-refractivity contribution in [3.05, 3.63) is 71.9 Å². The van der Waals surface area contributed by atoms with E-state index in [4.69, 9.17) is 9.26 Å². The van der Waals surface area contributed by atoms with Gasteiger partial charge in [-0.25, -0.2) is 4.79 Å². The topological polar surface area (TPSA) is 80.5 Å². The molecule has 3 heterocycles. The van der Waals surface area contributed by atoms with Crippen LogP contribution >= 0.6 is 0 Å². The molecule has 0 spiro atoms. The minimum Gasteiger partial charge on any atom is -0.486 e. The Balaban J connectivity index is 1.42. The lowest BCUT2D eigenvalue weighted by Gasteiger charge is -2.26. The lowest BCUT2D eigenvalue weighted by molar-refractivity contribution is 0.202. The van der Waals surface area contributed by atoms with E-state index in [0.29, 0.717) is 31.0 Å². The smallest absolute Gasteiger partial charge is 0.322 e. The minimum atomic E-state index is -0.137. The molecule has 1 aliphatic rings. The zero-order valence-corrected chi connectivity index (χ0v) is 14.1. The van der Waals surface area contributed by atoms with Crippen LogP contribution in [0.2, 0.25) is 0 Å². The number of aromatic nitrogens is 2. The molecular weight excluding hydrogens is 332 g/mol. The largest absolute Gasteiger partial charge is 0.486 e. The molecule has 0 unspecified atom stereocenters. The van der Waals surface area contributed by atoms with E-state index in [1.54, 1.807) is 17.3 Å². The molecule has 0 aliphatic carbocycles. The average molecular weight is 350 g/mol. The van der Waals surface area contributed by atoms with Gasteiger partial charge in [0.25, 0.3) is 0 Å². The molecular formula is C19H18N4O3. The third-order valence-electron chi connectivity index (χ3n) is 4.23. The van der Waals surface area contributed by atoms with Gasteiger partial charge in [0.15, 0.2) is 0 Å². The van der Waals surface area contributed by atoms with Gasteiger partial charge in [0.05, 0.1) is 12.7 Å². The number of carbonyl (C=O) groups excluding carboxylic acids is 1. The standard InChI is InChI=1S/C19H18N4O3/c24-19(21-14-5-2-1-3-6-14)23-10-8-18-16(12-23)17(22-26-18)13-25-15-7-4-9-20-11-15/h1-7,9,11H,8,10,12-13H2,(H,21,24). The van der Waals surface area contributed by atoms with E-state index in [9.17, 15) is 4.79 Å². The van der Waals surface area contributed by atoms with Crippen LogP contribution in [0.25, 0.3) is 0 Å². The molecule has 7 nitrogen and oxygen atoms in total. The summed E-state index contributed by atoms with van der Waals surface area (Å²) < 4.78 is 11.1. The number of urea groups is 1. The van der Waals surface area contributed by atoms with Crippen molar-refractivity contribution in [3.63, 3.8) is 0 Å². The van der Waals surface area contributed by atoms with Crippen LogP contribution in [0.4, 0.5) is 10.5 Å². The van der Waals surface area contributed by atoms with Gasteiger partial charge in [0.1, 0.15) is 23.8 Å². The van der Waals surface area contributed by atoms with Gasteiger partial charge >= 0.3 is 6.03 Å². The van der Waals surface area contributed by atoms with Crippen molar-refractivity contribution in [2.24, 2.45) is 0 Å². The molecule has 4 rings (SSSR count). The highest BCUT2D eigenvalue weighted by atomic mass is 16.5. The number of hydrogen-bond donors (Lipinski definition) is 1. The summed E-state index contributed by atoms with van der Waals surface area (Å²) in [5.74, 6) is 1.48. The van der Waals surface area contributed by atoms with E-state index in [2.05, 4.69) is 15.5 Å². The van der Waals surface area contributed by atoms with Crippen LogP contribution in [0.1, 0.15) is 17.0 Å². The summed E-state index contributed by atoms with van der Waals surface area (Å²) in [6, 6.07) is 12.9. The number of rotatable bonds is 4. The van der Waals surface area contributed by atoms with Gasteiger partial charge < -0.3 is 19.5 Å². The summed E-state index contributed by atoms with van der Waals surface area (Å²) in [6.07, 6.45) is 3.97. The van der Waals surface area contributed by atoms with E-state index in [-0.39, 0.29) is 12.6 Å². The number of amides is 2. The van der Waals surface area contributed by atoms with Crippen molar-refractivity contribution < 1.29 is 14.1 Å². The van der Waals surface area contributed by atoms with Gasteiger partial charge in [-0.05, 0) is 24.3 Å². The summed E-state index contributed by atoms with van der Waals surface area (Å²) >= 11 is 0. The lowest BCUT2D eigenvalue weighted by atomic mass is 10.1. The van der Waals surface area contributed by atoms with Gasteiger partial charge in [-0.15, -0.1) is 0 Å². The van der Waals surface area contributed by atoms with Crippen LogP contribution in [-0.4, -0.2) is 27.6 Å². The first-order chi connectivity index (χ1) is 12.8. The van der Waals surface area contributed by atoms with Crippen molar-refractivity contribution in [1.29, 1.82) is 0 Å². The molecule has 1 N–H and O–H groups in total. The second kappa shape index (κ2) is 7.26. The highest BCUT2D eigenvalue weighted by molar-refractivity contribution is 5.89. The van der Waals surface area contributed by atoms with Crippen molar-refractivity contribution in [2.75, 3.05) is 11.9 Å². The van der Waals surface area contributed by atoms with Crippen LogP contribution in [-0.2, 0) is 19.6 Å². The number of nitrogens with one attached hydrogen (secondary N) is 1. The van der Waals surface area contributed by atoms with E-state index in [0.717, 1.165) is 17.0 Å². The van der Waals surface area contributed by atoms with Crippen molar-refractivity contribution in [3.8, 4) is 5.75 Å². The maximum Gasteiger partial charge on any atom is 0.322 e. The minimum absolute atomic E-state index is 0.137. The second-order valence-corrected chi connectivity index (χ2v) is 5.98. The maximum atomic E-state index is 12.5. The Morgan fingerprint density at radius 3 is 2.92 bits per heavy atom. The molecule has 26 heavy (non-hydrogen) atoms. The fourth-order valence-corrected chi connectivity index (χ4v) is 2.86. The number of para-hydroxylation sites is 1. The summed E-state index contributed by atoms with van der Waals surface area (Å²) in [7, 11) is 0. The molecule has 0 bridgehead atoms. The molecule has 2 amide bonds. The molecule has 7 heteroatoms. The predicted molar refractivity (Wildman–Crippen MR) is 94.6 cm³/mol. The van der Waals surface area contributed by atoms with Gasteiger partial charge in [-0.2, -0.15) is 0 Å². The molecule has 0 fully saturated rings. The second-order valence-electron chi connectivity index (χ2n) is 5.98. The first-order valence-corrected chi connectivity index (χ1v) is 8.40. The Morgan fingerprint density at radius 2 is 2.12 bits per heavy atom. The highest BCUT2D eigenvalue weighted by Crippen LogP contribution is 2.24. The quantitative estimate of drug-likeness (QED) is 0.781. The number of carbonyl (C=O) groups is 1. The summed E-state index contributed by atoms with van der Waals surface area (Å²) in [4.78, 5) is 18.3. The Kier molecular flexibility index (Phi) is 4.51. The van der Waals surface area contributed by atoms with E-state index >= 15 is 0 Å². The molecule has 0 radical (unpaired) electrons. The summed E-state index contributed by atoms with van der Waals surface area (Å²) in [5.41, 5.74) is 2.40. The van der Waals surface area contributed by atoms with Gasteiger partial charge in [0, 0.05) is 30.4 Å². The molecule has 3 aromatic rings. The zero-order valence-electron chi connectivity index (χ0n) is 14.1. The monoisotopic (exact) mass is 350 g/mol. The van der Waals surface area contributed by atoms with Crippen molar-refractivity contribution in [1.82, 2.24) is 15.0 Å². The highest BCUT2D eigenvalue weighted by Gasteiger charge is 2.27. The van der Waals surface area contributed by atoms with Crippen LogP contribution in [0.15, 0.2) is 59.4 Å². The van der Waals surface area contributed by atoms with Crippen LogP contribution in [0.3, 0.4) is 0 Å². The van der Waals surface area contributed by atoms with Crippen LogP contribution < -0.4 is 10.1 Å². The molecule has 0 saturated carbocycles. The fourth-order valence-electron chi connectivity index (χ4n) is 2.86. The predicted octanol–water partition coefficient (Wildman–Crippen LogP) is 3.24. The third-order valence-corrected chi connectivity index (χ3v) is 4.23. The first-order valence-electron chi connectivity index (χ1n) is 8.40. The summed E-state index contributed by atoms with van der Waals surface area (Å²) in [5, 5.41) is 7.02. The molecule has 2 aromatic heterocycles. The fraction of sp³-hybridized carbons (Fsp3) is 0.211. The Labute approximate surface area is 150 Å². The van der Waals surface area contributed by atoms with E-state index in [1.165, 1.54) is 0 Å². The zero-order chi connectivity index (χ0) is 17.8. The molecule has 0 atom stereocenters.